The molecule has 49 heavy (non-hydrogen) atoms. The van der Waals surface area contributed by atoms with Gasteiger partial charge in [0.25, 0.3) is 0 Å². The summed E-state index contributed by atoms with van der Waals surface area (Å²) in [6, 6.07) is 50.4. The summed E-state index contributed by atoms with van der Waals surface area (Å²) in [4.78, 5) is 0. The van der Waals surface area contributed by atoms with Crippen LogP contribution in [0.15, 0.2) is 186 Å². The van der Waals surface area contributed by atoms with Crippen molar-refractivity contribution in [2.45, 2.75) is 0 Å². The van der Waals surface area contributed by atoms with Gasteiger partial charge in [-0.15, -0.1) is 0 Å². The molecule has 228 valence electrons. The van der Waals surface area contributed by atoms with Crippen molar-refractivity contribution in [2.24, 2.45) is 0 Å². The van der Waals surface area contributed by atoms with Crippen LogP contribution in [0.5, 0.6) is 0 Å². The van der Waals surface area contributed by atoms with E-state index in [2.05, 4.69) is 103 Å². The fourth-order valence-corrected chi connectivity index (χ4v) is 7.65. The predicted molar refractivity (Wildman–Crippen MR) is 208 cm³/mol. The fourth-order valence-electron chi connectivity index (χ4n) is 7.65. The fraction of sp³-hybridized carbons (Fsp3) is 0. The van der Waals surface area contributed by atoms with Gasteiger partial charge in [0.15, 0.2) is 0 Å². The second-order valence-electron chi connectivity index (χ2n) is 12.4. The molecule has 0 bridgehead atoms. The molecule has 1 heteroatoms. The molecule has 10 aromatic rings. The van der Waals surface area contributed by atoms with Crippen molar-refractivity contribution in [2.75, 3.05) is 0 Å². The minimum Gasteiger partial charge on any atom is -0.455 e. The summed E-state index contributed by atoms with van der Waals surface area (Å²) >= 11 is 0. The monoisotopic (exact) mass is 627 g/mol. The smallest absolute Gasteiger partial charge is 0.143 e. The summed E-state index contributed by atoms with van der Waals surface area (Å²) in [5.74, 6) is 0. The van der Waals surface area contributed by atoms with Crippen molar-refractivity contribution in [1.82, 2.24) is 0 Å². The third-order valence-corrected chi connectivity index (χ3v) is 9.75. The molecule has 0 spiro atoms. The molecule has 0 amide bonds. The van der Waals surface area contributed by atoms with Crippen molar-refractivity contribution >= 4 is 54.3 Å². The molecule has 0 aliphatic rings. The van der Waals surface area contributed by atoms with Gasteiger partial charge in [0.05, 0.1) is 6.85 Å². The van der Waals surface area contributed by atoms with Crippen molar-refractivity contribution in [3.8, 4) is 44.5 Å². The lowest BCUT2D eigenvalue weighted by Gasteiger charge is -2.19. The van der Waals surface area contributed by atoms with E-state index in [0.717, 1.165) is 87.6 Å². The summed E-state index contributed by atoms with van der Waals surface area (Å²) in [6.07, 6.45) is 0. The minimum absolute atomic E-state index is 0.185. The first-order valence-corrected chi connectivity index (χ1v) is 16.4. The summed E-state index contributed by atoms with van der Waals surface area (Å²) < 4.78 is 49.3. The van der Waals surface area contributed by atoms with Crippen LogP contribution < -0.4 is 0 Å². The van der Waals surface area contributed by atoms with E-state index in [1.54, 1.807) is 0 Å². The molecule has 10 rings (SSSR count). The Morgan fingerprint density at radius 1 is 0.388 bits per heavy atom. The molecule has 1 nitrogen and oxygen atoms in total. The number of rotatable bonds is 4. The Labute approximate surface area is 291 Å². The molecule has 1 heterocycles. The zero-order valence-electron chi connectivity index (χ0n) is 31.3. The van der Waals surface area contributed by atoms with Crippen molar-refractivity contribution in [1.29, 1.82) is 0 Å². The van der Waals surface area contributed by atoms with E-state index in [4.69, 9.17) is 11.3 Å². The first kappa shape index (κ1) is 23.0. The van der Waals surface area contributed by atoms with Gasteiger partial charge < -0.3 is 4.42 Å². The van der Waals surface area contributed by atoms with Gasteiger partial charge >= 0.3 is 0 Å². The third-order valence-electron chi connectivity index (χ3n) is 9.75. The Morgan fingerprint density at radius 3 is 1.78 bits per heavy atom. The molecule has 0 N–H and O–H groups in total. The highest BCUT2D eigenvalue weighted by atomic mass is 16.3. The maximum Gasteiger partial charge on any atom is 0.143 e. The first-order chi connectivity index (χ1) is 26.4. The van der Waals surface area contributed by atoms with Crippen LogP contribution in [0, 0.1) is 0 Å². The second-order valence-corrected chi connectivity index (χ2v) is 12.4. The van der Waals surface area contributed by atoms with Gasteiger partial charge in [-0.05, 0) is 89.6 Å². The minimum atomic E-state index is -0.405. The van der Waals surface area contributed by atoms with E-state index >= 15 is 0 Å². The van der Waals surface area contributed by atoms with Crippen molar-refractivity contribution in [3.63, 3.8) is 0 Å². The topological polar surface area (TPSA) is 13.1 Å². The van der Waals surface area contributed by atoms with Crippen molar-refractivity contribution in [3.05, 3.63) is 182 Å². The number of hydrogen-bond acceptors (Lipinski definition) is 1. The lowest BCUT2D eigenvalue weighted by Crippen LogP contribution is -1.92. The molecule has 0 atom stereocenters. The highest BCUT2D eigenvalue weighted by molar-refractivity contribution is 6.27. The van der Waals surface area contributed by atoms with E-state index in [0.29, 0.717) is 5.56 Å². The van der Waals surface area contributed by atoms with Crippen LogP contribution >= 0.6 is 0 Å². The van der Waals surface area contributed by atoms with E-state index in [9.17, 15) is 0 Å². The van der Waals surface area contributed by atoms with Gasteiger partial charge in [0, 0.05) is 16.2 Å². The zero-order chi connectivity index (χ0) is 36.7. The van der Waals surface area contributed by atoms with Crippen LogP contribution in [-0.2, 0) is 0 Å². The molecule has 0 aliphatic carbocycles. The maximum absolute atomic E-state index is 8.83. The standard InChI is InChI=1S/C48H30O/c1-3-14-31(15-4-1)35-28-27-34(30-43(35)32-16-5-2-6-17-32)45-37-20-9-11-22-39(37)46(40-23-12-10-21-38(40)45)41-24-13-25-44-47(41)42-29-26-33-18-7-8-19-36(33)48(42)49-44/h1-30H/i1D,3D,4D,14D,15D. The lowest BCUT2D eigenvalue weighted by molar-refractivity contribution is 0.673. The molecule has 9 aromatic carbocycles. The van der Waals surface area contributed by atoms with Gasteiger partial charge in [0.1, 0.15) is 11.2 Å². The number of hydrogen-bond donors (Lipinski definition) is 0. The third kappa shape index (κ3) is 4.33. The molecule has 1 aromatic heterocycles. The number of furan rings is 1. The molecule has 0 radical (unpaired) electrons. The Kier molecular flexibility index (Phi) is 5.20. The van der Waals surface area contributed by atoms with Crippen LogP contribution in [0.4, 0.5) is 0 Å². The molecular formula is C48H30O. The highest BCUT2D eigenvalue weighted by Gasteiger charge is 2.21. The molecule has 0 aliphatic heterocycles. The van der Waals surface area contributed by atoms with E-state index < -0.39 is 6.04 Å². The molecule has 0 unspecified atom stereocenters. The van der Waals surface area contributed by atoms with Crippen LogP contribution in [0.2, 0.25) is 0 Å². The number of benzene rings is 9. The van der Waals surface area contributed by atoms with E-state index in [1.807, 2.05) is 48.5 Å². The van der Waals surface area contributed by atoms with Crippen LogP contribution in [-0.4, -0.2) is 0 Å². The molecule has 0 saturated heterocycles. The average Bonchev–Trinajstić information content (AvgIpc) is 3.62. The Hall–Kier alpha value is -6.44. The second kappa shape index (κ2) is 11.1. The van der Waals surface area contributed by atoms with Crippen LogP contribution in [0.1, 0.15) is 6.85 Å². The lowest BCUT2D eigenvalue weighted by atomic mass is 9.83. The summed E-state index contributed by atoms with van der Waals surface area (Å²) in [6.45, 7) is 0. The molecule has 0 fully saturated rings. The quantitative estimate of drug-likeness (QED) is 0.177. The first-order valence-electron chi connectivity index (χ1n) is 18.9. The zero-order valence-corrected chi connectivity index (χ0v) is 26.3. The van der Waals surface area contributed by atoms with Crippen LogP contribution in [0.3, 0.4) is 0 Å². The van der Waals surface area contributed by atoms with Gasteiger partial charge in [-0.3, -0.25) is 0 Å². The maximum atomic E-state index is 8.83. The average molecular weight is 628 g/mol. The Morgan fingerprint density at radius 2 is 1.04 bits per heavy atom. The van der Waals surface area contributed by atoms with Gasteiger partial charge in [0.2, 0.25) is 0 Å². The SMILES string of the molecule is [2H]c1c([2H])c([2H])c(-c2ccc(-c3c4ccccc4c(-c4cccc5oc6c7ccccc7ccc6c45)c4ccccc34)cc2-c2ccccc2)c([2H])c1[2H]. The Bertz CT molecular complexity index is 3080. The summed E-state index contributed by atoms with van der Waals surface area (Å²) in [7, 11) is 0. The summed E-state index contributed by atoms with van der Waals surface area (Å²) in [5.41, 5.74) is 8.41. The van der Waals surface area contributed by atoms with Gasteiger partial charge in [-0.25, -0.2) is 0 Å². The van der Waals surface area contributed by atoms with Crippen LogP contribution in [0.25, 0.3) is 98.8 Å². The molecular weight excluding hydrogens is 593 g/mol. The predicted octanol–water partition coefficient (Wildman–Crippen LogP) is 13.7. The van der Waals surface area contributed by atoms with Gasteiger partial charge in [-0.2, -0.15) is 0 Å². The van der Waals surface area contributed by atoms with Crippen molar-refractivity contribution < 1.29 is 11.3 Å². The molecule has 0 saturated carbocycles. The largest absolute Gasteiger partial charge is 0.455 e. The highest BCUT2D eigenvalue weighted by Crippen LogP contribution is 2.48. The normalized spacial score (nSPS) is 13.1. The van der Waals surface area contributed by atoms with E-state index in [1.165, 1.54) is 0 Å². The van der Waals surface area contributed by atoms with E-state index in [-0.39, 0.29) is 29.7 Å². The van der Waals surface area contributed by atoms with Gasteiger partial charge in [-0.1, -0.05) is 164 Å². The number of fused-ring (bicyclic) bond motifs is 7. The summed E-state index contributed by atoms with van der Waals surface area (Å²) in [5, 5.41) is 8.74. The Balaban J connectivity index is 1.28.